The monoisotopic (exact) mass is 381 g/mol. The first-order valence-corrected chi connectivity index (χ1v) is 9.03. The van der Waals surface area contributed by atoms with Gasteiger partial charge in [0.2, 0.25) is 0 Å². The van der Waals surface area contributed by atoms with E-state index in [-0.39, 0.29) is 17.8 Å². The van der Waals surface area contributed by atoms with Gasteiger partial charge in [-0.05, 0) is 56.3 Å². The maximum Gasteiger partial charge on any atom is 0.255 e. The van der Waals surface area contributed by atoms with Crippen LogP contribution >= 0.6 is 0 Å². The van der Waals surface area contributed by atoms with Crippen LogP contribution in [-0.4, -0.2) is 30.3 Å². The molecular weight excluding hydrogens is 361 g/mol. The molecule has 1 aliphatic rings. The van der Waals surface area contributed by atoms with Crippen molar-refractivity contribution in [1.29, 1.82) is 0 Å². The Labute approximate surface area is 161 Å². The molecule has 0 saturated carbocycles. The van der Waals surface area contributed by atoms with Crippen molar-refractivity contribution in [2.24, 2.45) is 0 Å². The van der Waals surface area contributed by atoms with E-state index in [1.165, 1.54) is 24.3 Å². The van der Waals surface area contributed by atoms with Gasteiger partial charge in [-0.2, -0.15) is 0 Å². The number of anilines is 1. The summed E-state index contributed by atoms with van der Waals surface area (Å²) in [7, 11) is 0. The number of benzene rings is 2. The average molecular weight is 381 g/mol. The van der Waals surface area contributed by atoms with Crippen LogP contribution in [0.2, 0.25) is 0 Å². The second kappa shape index (κ2) is 7.44. The molecule has 4 rings (SSSR count). The first kappa shape index (κ1) is 18.2. The highest BCUT2D eigenvalue weighted by Gasteiger charge is 2.23. The molecular formula is C21H20FN3O3. The molecule has 6 nitrogen and oxygen atoms in total. The Morgan fingerprint density at radius 2 is 1.96 bits per heavy atom. The van der Waals surface area contributed by atoms with Gasteiger partial charge in [0.25, 0.3) is 5.91 Å². The predicted molar refractivity (Wildman–Crippen MR) is 103 cm³/mol. The lowest BCUT2D eigenvalue weighted by Crippen LogP contribution is -2.50. The van der Waals surface area contributed by atoms with Gasteiger partial charge in [0, 0.05) is 29.9 Å². The number of ether oxygens (including phenoxy) is 1. The number of hydrogen-bond donors (Lipinski definition) is 2. The van der Waals surface area contributed by atoms with Gasteiger partial charge >= 0.3 is 0 Å². The molecule has 0 radical (unpaired) electrons. The first-order valence-electron chi connectivity index (χ1n) is 9.03. The van der Waals surface area contributed by atoms with Gasteiger partial charge in [-0.1, -0.05) is 5.16 Å². The molecule has 1 saturated heterocycles. The van der Waals surface area contributed by atoms with Crippen LogP contribution in [0.15, 0.2) is 47.0 Å². The normalized spacial score (nSPS) is 13.8. The number of nitrogens with zero attached hydrogens (tertiary/aromatic N) is 1. The Hall–Kier alpha value is -3.19. The SMILES string of the molecule is Cc1noc(C)c1-c1cc(NC(=O)c2ccc(F)cc2)ccc1OC1CNC1. The van der Waals surface area contributed by atoms with Gasteiger partial charge in [-0.25, -0.2) is 4.39 Å². The van der Waals surface area contributed by atoms with Crippen LogP contribution < -0.4 is 15.4 Å². The molecule has 2 aromatic carbocycles. The Bertz CT molecular complexity index is 991. The van der Waals surface area contributed by atoms with E-state index in [2.05, 4.69) is 15.8 Å². The van der Waals surface area contributed by atoms with Crippen molar-refractivity contribution in [2.75, 3.05) is 18.4 Å². The number of hydrogen-bond acceptors (Lipinski definition) is 5. The van der Waals surface area contributed by atoms with Gasteiger partial charge in [0.05, 0.1) is 11.3 Å². The summed E-state index contributed by atoms with van der Waals surface area (Å²) in [5, 5.41) is 10.1. The van der Waals surface area contributed by atoms with Crippen LogP contribution in [0.5, 0.6) is 5.75 Å². The van der Waals surface area contributed by atoms with Crippen LogP contribution in [0, 0.1) is 19.7 Å². The van der Waals surface area contributed by atoms with Gasteiger partial charge in [0.15, 0.2) is 0 Å². The number of halogens is 1. The third kappa shape index (κ3) is 3.61. The lowest BCUT2D eigenvalue weighted by atomic mass is 10.0. The number of carbonyl (C=O) groups excluding carboxylic acids is 1. The fraction of sp³-hybridized carbons (Fsp3) is 0.238. The van der Waals surface area contributed by atoms with E-state index >= 15 is 0 Å². The van der Waals surface area contributed by atoms with E-state index in [9.17, 15) is 9.18 Å². The Morgan fingerprint density at radius 3 is 2.57 bits per heavy atom. The van der Waals surface area contributed by atoms with E-state index in [1.807, 2.05) is 26.0 Å². The van der Waals surface area contributed by atoms with Crippen molar-refractivity contribution in [3.63, 3.8) is 0 Å². The molecule has 0 atom stereocenters. The number of rotatable bonds is 5. The largest absolute Gasteiger partial charge is 0.487 e. The minimum atomic E-state index is -0.385. The van der Waals surface area contributed by atoms with E-state index < -0.39 is 0 Å². The van der Waals surface area contributed by atoms with Crippen LogP contribution in [0.1, 0.15) is 21.8 Å². The zero-order valence-corrected chi connectivity index (χ0v) is 15.6. The van der Waals surface area contributed by atoms with Crippen molar-refractivity contribution in [3.05, 3.63) is 65.3 Å². The molecule has 3 aromatic rings. The molecule has 28 heavy (non-hydrogen) atoms. The standard InChI is InChI=1S/C21H20FN3O3/c1-12-20(13(2)28-25-12)18-9-16(7-8-19(18)27-17-10-23-11-17)24-21(26)14-3-5-15(22)6-4-14/h3-9,17,23H,10-11H2,1-2H3,(H,24,26). The second-order valence-electron chi connectivity index (χ2n) is 6.77. The third-order valence-corrected chi connectivity index (χ3v) is 4.68. The fourth-order valence-electron chi connectivity index (χ4n) is 3.10. The number of amides is 1. The molecule has 0 aliphatic carbocycles. The summed E-state index contributed by atoms with van der Waals surface area (Å²) in [5.41, 5.74) is 3.38. The summed E-state index contributed by atoms with van der Waals surface area (Å²) < 4.78 is 24.5. The third-order valence-electron chi connectivity index (χ3n) is 4.68. The second-order valence-corrected chi connectivity index (χ2v) is 6.77. The number of aryl methyl sites for hydroxylation is 2. The summed E-state index contributed by atoms with van der Waals surface area (Å²) in [4.78, 5) is 12.5. The Morgan fingerprint density at radius 1 is 1.21 bits per heavy atom. The van der Waals surface area contributed by atoms with E-state index in [4.69, 9.17) is 9.26 Å². The molecule has 1 aromatic heterocycles. The van der Waals surface area contributed by atoms with Crippen molar-refractivity contribution >= 4 is 11.6 Å². The Kier molecular flexibility index (Phi) is 4.83. The van der Waals surface area contributed by atoms with Crippen LogP contribution in [0.25, 0.3) is 11.1 Å². The first-order chi connectivity index (χ1) is 13.5. The number of aromatic nitrogens is 1. The maximum atomic E-state index is 13.1. The van der Waals surface area contributed by atoms with Gasteiger partial charge < -0.3 is 19.9 Å². The van der Waals surface area contributed by atoms with Crippen molar-refractivity contribution in [3.8, 4) is 16.9 Å². The molecule has 0 spiro atoms. The highest BCUT2D eigenvalue weighted by molar-refractivity contribution is 6.04. The van der Waals surface area contributed by atoms with Crippen molar-refractivity contribution in [2.45, 2.75) is 20.0 Å². The average Bonchev–Trinajstić information content (AvgIpc) is 2.98. The molecule has 2 heterocycles. The molecule has 1 fully saturated rings. The van der Waals surface area contributed by atoms with E-state index in [0.29, 0.717) is 22.8 Å². The molecule has 0 unspecified atom stereocenters. The molecule has 1 aliphatic heterocycles. The fourth-order valence-corrected chi connectivity index (χ4v) is 3.10. The molecule has 2 N–H and O–H groups in total. The number of carbonyl (C=O) groups is 1. The highest BCUT2D eigenvalue weighted by atomic mass is 19.1. The molecule has 7 heteroatoms. The molecule has 0 bridgehead atoms. The lowest BCUT2D eigenvalue weighted by molar-refractivity contribution is 0.102. The summed E-state index contributed by atoms with van der Waals surface area (Å²) >= 11 is 0. The predicted octanol–water partition coefficient (Wildman–Crippen LogP) is 3.70. The summed E-state index contributed by atoms with van der Waals surface area (Å²) in [6.07, 6.45) is 0.110. The Balaban J connectivity index is 1.66. The molecule has 144 valence electrons. The van der Waals surface area contributed by atoms with Gasteiger partial charge in [-0.3, -0.25) is 4.79 Å². The lowest BCUT2D eigenvalue weighted by Gasteiger charge is -2.29. The maximum absolute atomic E-state index is 13.1. The van der Waals surface area contributed by atoms with Crippen molar-refractivity contribution in [1.82, 2.24) is 10.5 Å². The quantitative estimate of drug-likeness (QED) is 0.705. The van der Waals surface area contributed by atoms with Gasteiger partial charge in [-0.15, -0.1) is 0 Å². The van der Waals surface area contributed by atoms with Crippen LogP contribution in [0.3, 0.4) is 0 Å². The minimum absolute atomic E-state index is 0.110. The minimum Gasteiger partial charge on any atom is -0.487 e. The van der Waals surface area contributed by atoms with E-state index in [1.54, 1.807) is 6.07 Å². The van der Waals surface area contributed by atoms with Crippen molar-refractivity contribution < 1.29 is 18.4 Å². The summed E-state index contributed by atoms with van der Waals surface area (Å²) in [5.74, 6) is 0.683. The smallest absolute Gasteiger partial charge is 0.255 e. The topological polar surface area (TPSA) is 76.4 Å². The van der Waals surface area contributed by atoms with Crippen LogP contribution in [-0.2, 0) is 0 Å². The zero-order valence-electron chi connectivity index (χ0n) is 15.6. The summed E-state index contributed by atoms with van der Waals surface area (Å²) in [6.45, 7) is 5.30. The van der Waals surface area contributed by atoms with Crippen LogP contribution in [0.4, 0.5) is 10.1 Å². The highest BCUT2D eigenvalue weighted by Crippen LogP contribution is 2.37. The summed E-state index contributed by atoms with van der Waals surface area (Å²) in [6, 6.07) is 10.9. The molecule has 1 amide bonds. The van der Waals surface area contributed by atoms with Gasteiger partial charge in [0.1, 0.15) is 23.4 Å². The number of nitrogens with one attached hydrogen (secondary N) is 2. The zero-order chi connectivity index (χ0) is 19.7. The van der Waals surface area contributed by atoms with E-state index in [0.717, 1.165) is 29.9 Å².